The van der Waals surface area contributed by atoms with Crippen LogP contribution < -0.4 is 4.72 Å². The lowest BCUT2D eigenvalue weighted by Crippen LogP contribution is -2.33. The first-order valence-corrected chi connectivity index (χ1v) is 8.11. The van der Waals surface area contributed by atoms with Crippen molar-refractivity contribution in [3.05, 3.63) is 28.7 Å². The molecule has 0 aliphatic heterocycles. The Labute approximate surface area is 131 Å². The fourth-order valence-corrected chi connectivity index (χ4v) is 2.41. The van der Waals surface area contributed by atoms with Gasteiger partial charge < -0.3 is 9.64 Å². The van der Waals surface area contributed by atoms with E-state index in [0.29, 0.717) is 0 Å². The van der Waals surface area contributed by atoms with E-state index in [4.69, 9.17) is 0 Å². The molecule has 0 atom stereocenters. The minimum absolute atomic E-state index is 0.0304. The van der Waals surface area contributed by atoms with Crippen LogP contribution in [-0.2, 0) is 24.3 Å². The van der Waals surface area contributed by atoms with Crippen LogP contribution in [0.1, 0.15) is 0 Å². The maximum atomic E-state index is 11.9. The van der Waals surface area contributed by atoms with Gasteiger partial charge in [0.2, 0.25) is 10.0 Å². The highest BCUT2D eigenvalue weighted by Crippen LogP contribution is 2.14. The summed E-state index contributed by atoms with van der Waals surface area (Å²) in [4.78, 5) is 23.9. The Kier molecular flexibility index (Phi) is 6.31. The van der Waals surface area contributed by atoms with Crippen LogP contribution in [0.5, 0.6) is 0 Å². The summed E-state index contributed by atoms with van der Waals surface area (Å²) < 4.78 is 31.3. The minimum Gasteiger partial charge on any atom is -0.455 e. The molecule has 0 bridgehead atoms. The first-order valence-electron chi connectivity index (χ1n) is 5.83. The van der Waals surface area contributed by atoms with Crippen molar-refractivity contribution in [2.75, 3.05) is 27.2 Å². The molecule has 0 heterocycles. The second-order valence-electron chi connectivity index (χ2n) is 4.23. The van der Waals surface area contributed by atoms with E-state index in [9.17, 15) is 18.0 Å². The SMILES string of the molecule is CN(C)C(=O)COC(=O)CNS(=O)(=O)c1ccc(Br)cc1. The number of nitrogens with one attached hydrogen (secondary N) is 1. The molecule has 21 heavy (non-hydrogen) atoms. The Hall–Kier alpha value is -1.45. The van der Waals surface area contributed by atoms with Crippen molar-refractivity contribution in [1.29, 1.82) is 0 Å². The van der Waals surface area contributed by atoms with E-state index in [1.165, 1.54) is 31.1 Å². The smallest absolute Gasteiger partial charge is 0.321 e. The second kappa shape index (κ2) is 7.53. The fourth-order valence-electron chi connectivity index (χ4n) is 1.17. The number of nitrogens with zero attached hydrogens (tertiary/aromatic N) is 1. The number of benzene rings is 1. The summed E-state index contributed by atoms with van der Waals surface area (Å²) in [6.45, 7) is -0.967. The molecule has 0 saturated carbocycles. The molecule has 7 nitrogen and oxygen atoms in total. The number of hydrogen-bond donors (Lipinski definition) is 1. The van der Waals surface area contributed by atoms with Gasteiger partial charge in [0.15, 0.2) is 6.61 Å². The zero-order chi connectivity index (χ0) is 16.0. The zero-order valence-corrected chi connectivity index (χ0v) is 13.9. The van der Waals surface area contributed by atoms with Gasteiger partial charge in [-0.1, -0.05) is 15.9 Å². The molecule has 116 valence electrons. The molecule has 0 saturated heterocycles. The van der Waals surface area contributed by atoms with E-state index in [2.05, 4.69) is 25.4 Å². The molecule has 0 aliphatic rings. The monoisotopic (exact) mass is 378 g/mol. The van der Waals surface area contributed by atoms with E-state index in [1.807, 2.05) is 0 Å². The van der Waals surface area contributed by atoms with Crippen LogP contribution in [0.2, 0.25) is 0 Å². The molecule has 0 aliphatic carbocycles. The van der Waals surface area contributed by atoms with Crippen molar-refractivity contribution >= 4 is 37.8 Å². The van der Waals surface area contributed by atoms with Crippen molar-refractivity contribution < 1.29 is 22.7 Å². The van der Waals surface area contributed by atoms with Crippen LogP contribution in [-0.4, -0.2) is 52.4 Å². The Morgan fingerprint density at radius 3 is 2.33 bits per heavy atom. The van der Waals surface area contributed by atoms with Crippen molar-refractivity contribution in [2.45, 2.75) is 4.90 Å². The Balaban J connectivity index is 2.52. The predicted molar refractivity (Wildman–Crippen MR) is 79.0 cm³/mol. The van der Waals surface area contributed by atoms with Crippen LogP contribution in [0.4, 0.5) is 0 Å². The van der Waals surface area contributed by atoms with Gasteiger partial charge in [0.1, 0.15) is 6.54 Å². The van der Waals surface area contributed by atoms with Crippen LogP contribution >= 0.6 is 15.9 Å². The first kappa shape index (κ1) is 17.6. The molecular formula is C12H15BrN2O5S. The van der Waals surface area contributed by atoms with Gasteiger partial charge in [-0.05, 0) is 24.3 Å². The molecule has 0 radical (unpaired) electrons. The van der Waals surface area contributed by atoms with E-state index in [0.717, 1.165) is 4.47 Å². The van der Waals surface area contributed by atoms with Crippen LogP contribution in [0.25, 0.3) is 0 Å². The van der Waals surface area contributed by atoms with Gasteiger partial charge in [0.05, 0.1) is 4.90 Å². The summed E-state index contributed by atoms with van der Waals surface area (Å²) in [5, 5.41) is 0. The molecule has 1 rings (SSSR count). The van der Waals surface area contributed by atoms with Gasteiger partial charge in [-0.3, -0.25) is 9.59 Å². The molecule has 0 spiro atoms. The number of rotatable bonds is 6. The van der Waals surface area contributed by atoms with E-state index in [1.54, 1.807) is 12.1 Å². The molecule has 1 aromatic rings. The highest BCUT2D eigenvalue weighted by molar-refractivity contribution is 9.10. The van der Waals surface area contributed by atoms with E-state index in [-0.39, 0.29) is 10.8 Å². The van der Waals surface area contributed by atoms with E-state index >= 15 is 0 Å². The molecule has 0 fully saturated rings. The largest absolute Gasteiger partial charge is 0.455 e. The third-order valence-corrected chi connectivity index (χ3v) is 4.33. The summed E-state index contributed by atoms with van der Waals surface area (Å²) in [5.74, 6) is -1.22. The molecule has 1 amide bonds. The van der Waals surface area contributed by atoms with Crippen molar-refractivity contribution in [3.8, 4) is 0 Å². The summed E-state index contributed by atoms with van der Waals surface area (Å²) in [6, 6.07) is 5.94. The zero-order valence-electron chi connectivity index (χ0n) is 11.5. The molecule has 1 N–H and O–H groups in total. The molecule has 0 aromatic heterocycles. The van der Waals surface area contributed by atoms with Crippen molar-refractivity contribution in [1.82, 2.24) is 9.62 Å². The van der Waals surface area contributed by atoms with Gasteiger partial charge in [-0.2, -0.15) is 4.72 Å². The fraction of sp³-hybridized carbons (Fsp3) is 0.333. The number of halogens is 1. The lowest BCUT2D eigenvalue weighted by Gasteiger charge is -2.11. The number of likely N-dealkylation sites (N-methyl/N-ethyl adjacent to an activating group) is 1. The van der Waals surface area contributed by atoms with Crippen molar-refractivity contribution in [2.24, 2.45) is 0 Å². The van der Waals surface area contributed by atoms with Crippen molar-refractivity contribution in [3.63, 3.8) is 0 Å². The Bertz CT molecular complexity index is 613. The normalized spacial score (nSPS) is 11.0. The van der Waals surface area contributed by atoms with Gasteiger partial charge in [-0.15, -0.1) is 0 Å². The number of hydrogen-bond acceptors (Lipinski definition) is 5. The lowest BCUT2D eigenvalue weighted by atomic mass is 10.4. The Morgan fingerprint density at radius 2 is 1.81 bits per heavy atom. The number of carbonyl (C=O) groups excluding carboxylic acids is 2. The average molecular weight is 379 g/mol. The van der Waals surface area contributed by atoms with Gasteiger partial charge >= 0.3 is 5.97 Å². The quantitative estimate of drug-likeness (QED) is 0.721. The summed E-state index contributed by atoms with van der Waals surface area (Å²) in [6.07, 6.45) is 0. The summed E-state index contributed by atoms with van der Waals surface area (Å²) >= 11 is 3.19. The predicted octanol–water partition coefficient (Wildman–Crippen LogP) is 0.359. The maximum Gasteiger partial charge on any atom is 0.321 e. The molecule has 1 aromatic carbocycles. The summed E-state index contributed by atoms with van der Waals surface area (Å²) in [7, 11) is -0.754. The van der Waals surface area contributed by atoms with Crippen LogP contribution in [0, 0.1) is 0 Å². The number of amides is 1. The van der Waals surface area contributed by atoms with Gasteiger partial charge in [0, 0.05) is 18.6 Å². The number of carbonyl (C=O) groups is 2. The third-order valence-electron chi connectivity index (χ3n) is 2.39. The Morgan fingerprint density at radius 1 is 1.24 bits per heavy atom. The number of ether oxygens (including phenoxy) is 1. The van der Waals surface area contributed by atoms with Crippen LogP contribution in [0.15, 0.2) is 33.6 Å². The van der Waals surface area contributed by atoms with Gasteiger partial charge in [0.25, 0.3) is 5.91 Å². The number of sulfonamides is 1. The minimum atomic E-state index is -3.79. The second-order valence-corrected chi connectivity index (χ2v) is 6.91. The molecular weight excluding hydrogens is 364 g/mol. The highest BCUT2D eigenvalue weighted by atomic mass is 79.9. The lowest BCUT2D eigenvalue weighted by molar-refractivity contribution is -0.149. The molecule has 9 heteroatoms. The van der Waals surface area contributed by atoms with Gasteiger partial charge in [-0.25, -0.2) is 8.42 Å². The third kappa shape index (κ3) is 5.82. The standard InChI is InChI=1S/C12H15BrN2O5S/c1-15(2)11(16)8-20-12(17)7-14-21(18,19)10-5-3-9(13)4-6-10/h3-6,14H,7-8H2,1-2H3. The average Bonchev–Trinajstić information content (AvgIpc) is 2.43. The van der Waals surface area contributed by atoms with Crippen LogP contribution in [0.3, 0.4) is 0 Å². The summed E-state index contributed by atoms with van der Waals surface area (Å²) in [5.41, 5.74) is 0. The van der Waals surface area contributed by atoms with E-state index < -0.39 is 29.1 Å². The highest BCUT2D eigenvalue weighted by Gasteiger charge is 2.16. The number of esters is 1. The topological polar surface area (TPSA) is 92.8 Å². The first-order chi connectivity index (χ1) is 9.72. The molecule has 0 unspecified atom stereocenters. The maximum absolute atomic E-state index is 11.9.